The van der Waals surface area contributed by atoms with Gasteiger partial charge in [-0.05, 0) is 25.0 Å². The molecule has 0 spiro atoms. The van der Waals surface area contributed by atoms with E-state index >= 15 is 0 Å². The summed E-state index contributed by atoms with van der Waals surface area (Å²) in [6.45, 7) is 3.33. The number of rotatable bonds is 3. The first kappa shape index (κ1) is 15.9. The summed E-state index contributed by atoms with van der Waals surface area (Å²) in [6, 6.07) is 6.06. The van der Waals surface area contributed by atoms with Crippen LogP contribution in [0, 0.1) is 17.2 Å². The summed E-state index contributed by atoms with van der Waals surface area (Å²) >= 11 is 0. The Bertz CT molecular complexity index is 714. The van der Waals surface area contributed by atoms with E-state index in [9.17, 15) is 9.59 Å². The number of hydrogen-bond acceptors (Lipinski definition) is 5. The van der Waals surface area contributed by atoms with Crippen LogP contribution in [-0.2, 0) is 9.59 Å². The number of anilines is 1. The zero-order valence-corrected chi connectivity index (χ0v) is 14.1. The normalized spacial score (nSPS) is 23.7. The van der Waals surface area contributed by atoms with Gasteiger partial charge in [0.2, 0.25) is 11.8 Å². The molecule has 0 radical (unpaired) electrons. The minimum atomic E-state index is -0.173. The molecule has 1 aromatic rings. The van der Waals surface area contributed by atoms with Crippen molar-refractivity contribution >= 4 is 17.6 Å². The second-order valence-electron chi connectivity index (χ2n) is 7.01. The van der Waals surface area contributed by atoms with E-state index in [1.165, 1.54) is 0 Å². The van der Waals surface area contributed by atoms with Gasteiger partial charge in [0.15, 0.2) is 0 Å². The lowest BCUT2D eigenvalue weighted by molar-refractivity contribution is -0.136. The fourth-order valence-corrected chi connectivity index (χ4v) is 3.69. The Morgan fingerprint density at radius 2 is 1.96 bits per heavy atom. The largest absolute Gasteiger partial charge is 0.353 e. The SMILES string of the molecule is N#Cc1ccc(N2CCN(C(=O)C3CC(=O)N(C4CC4)C3)CC2)nc1. The van der Waals surface area contributed by atoms with Gasteiger partial charge in [-0.3, -0.25) is 9.59 Å². The van der Waals surface area contributed by atoms with Gasteiger partial charge in [0, 0.05) is 51.4 Å². The van der Waals surface area contributed by atoms with Gasteiger partial charge in [0.05, 0.1) is 11.5 Å². The third-order valence-corrected chi connectivity index (χ3v) is 5.29. The molecular weight excluding hydrogens is 318 g/mol. The Morgan fingerprint density at radius 1 is 1.20 bits per heavy atom. The van der Waals surface area contributed by atoms with Crippen LogP contribution in [0.15, 0.2) is 18.3 Å². The lowest BCUT2D eigenvalue weighted by Crippen LogP contribution is -2.51. The minimum Gasteiger partial charge on any atom is -0.353 e. The van der Waals surface area contributed by atoms with E-state index in [0.717, 1.165) is 31.7 Å². The third-order valence-electron chi connectivity index (χ3n) is 5.29. The van der Waals surface area contributed by atoms with Crippen LogP contribution in [0.25, 0.3) is 0 Å². The van der Waals surface area contributed by atoms with E-state index in [2.05, 4.69) is 16.0 Å². The second-order valence-corrected chi connectivity index (χ2v) is 7.01. The number of nitriles is 1. The number of hydrogen-bond donors (Lipinski definition) is 0. The molecule has 2 amide bonds. The molecule has 1 aromatic heterocycles. The Labute approximate surface area is 146 Å². The molecule has 2 aliphatic heterocycles. The van der Waals surface area contributed by atoms with Crippen LogP contribution in [0.2, 0.25) is 0 Å². The number of piperazine rings is 1. The van der Waals surface area contributed by atoms with E-state index in [0.29, 0.717) is 37.7 Å². The highest BCUT2D eigenvalue weighted by atomic mass is 16.2. The zero-order chi connectivity index (χ0) is 17.4. The highest BCUT2D eigenvalue weighted by Crippen LogP contribution is 2.33. The van der Waals surface area contributed by atoms with Crippen LogP contribution < -0.4 is 4.90 Å². The van der Waals surface area contributed by atoms with Crippen molar-refractivity contribution in [3.63, 3.8) is 0 Å². The Kier molecular flexibility index (Phi) is 4.04. The smallest absolute Gasteiger partial charge is 0.228 e. The van der Waals surface area contributed by atoms with Gasteiger partial charge in [0.1, 0.15) is 11.9 Å². The van der Waals surface area contributed by atoms with Crippen molar-refractivity contribution in [2.75, 3.05) is 37.6 Å². The summed E-state index contributed by atoms with van der Waals surface area (Å²) in [5.74, 6) is 0.917. The average molecular weight is 339 g/mol. The number of aromatic nitrogens is 1. The summed E-state index contributed by atoms with van der Waals surface area (Å²) in [4.78, 5) is 35.0. The van der Waals surface area contributed by atoms with Crippen LogP contribution in [-0.4, -0.2) is 65.4 Å². The van der Waals surface area contributed by atoms with Gasteiger partial charge in [-0.1, -0.05) is 0 Å². The summed E-state index contributed by atoms with van der Waals surface area (Å²) < 4.78 is 0. The number of carbonyl (C=O) groups is 2. The average Bonchev–Trinajstić information content (AvgIpc) is 3.43. The molecule has 3 fully saturated rings. The predicted octanol–water partition coefficient (Wildman–Crippen LogP) is 0.613. The van der Waals surface area contributed by atoms with Crippen LogP contribution >= 0.6 is 0 Å². The Morgan fingerprint density at radius 3 is 2.56 bits per heavy atom. The standard InChI is InChI=1S/C18H21N5O2/c19-10-13-1-4-16(20-11-13)21-5-7-22(8-6-21)18(25)14-9-17(24)23(12-14)15-2-3-15/h1,4,11,14-15H,2-3,5-9,12H2. The molecule has 3 heterocycles. The zero-order valence-electron chi connectivity index (χ0n) is 14.1. The van der Waals surface area contributed by atoms with E-state index in [1.54, 1.807) is 12.3 Å². The summed E-state index contributed by atoms with van der Waals surface area (Å²) in [7, 11) is 0. The molecular formula is C18H21N5O2. The Hall–Kier alpha value is -2.62. The topological polar surface area (TPSA) is 80.5 Å². The number of amides is 2. The minimum absolute atomic E-state index is 0.115. The Balaban J connectivity index is 1.33. The molecule has 130 valence electrons. The van der Waals surface area contributed by atoms with E-state index < -0.39 is 0 Å². The maximum Gasteiger partial charge on any atom is 0.228 e. The lowest BCUT2D eigenvalue weighted by atomic mass is 10.1. The fourth-order valence-electron chi connectivity index (χ4n) is 3.69. The van der Waals surface area contributed by atoms with Crippen LogP contribution in [0.1, 0.15) is 24.8 Å². The third kappa shape index (κ3) is 3.16. The van der Waals surface area contributed by atoms with Gasteiger partial charge in [-0.25, -0.2) is 4.98 Å². The van der Waals surface area contributed by atoms with Crippen molar-refractivity contribution in [1.82, 2.24) is 14.8 Å². The van der Waals surface area contributed by atoms with Crippen molar-refractivity contribution in [2.24, 2.45) is 5.92 Å². The first-order valence-corrected chi connectivity index (χ1v) is 8.85. The molecule has 1 atom stereocenters. The number of pyridine rings is 1. The van der Waals surface area contributed by atoms with Crippen LogP contribution in [0.4, 0.5) is 5.82 Å². The van der Waals surface area contributed by atoms with Gasteiger partial charge in [0.25, 0.3) is 0 Å². The molecule has 0 bridgehead atoms. The van der Waals surface area contributed by atoms with E-state index in [-0.39, 0.29) is 17.7 Å². The number of carbonyl (C=O) groups excluding carboxylic acids is 2. The maximum atomic E-state index is 12.7. The maximum absolute atomic E-state index is 12.7. The molecule has 3 aliphatic rings. The predicted molar refractivity (Wildman–Crippen MR) is 90.6 cm³/mol. The highest BCUT2D eigenvalue weighted by molar-refractivity contribution is 5.89. The highest BCUT2D eigenvalue weighted by Gasteiger charge is 2.43. The molecule has 1 aliphatic carbocycles. The van der Waals surface area contributed by atoms with Gasteiger partial charge < -0.3 is 14.7 Å². The number of nitrogens with zero attached hydrogens (tertiary/aromatic N) is 5. The van der Waals surface area contributed by atoms with Crippen molar-refractivity contribution in [3.8, 4) is 6.07 Å². The molecule has 25 heavy (non-hydrogen) atoms. The van der Waals surface area contributed by atoms with Crippen LogP contribution in [0.3, 0.4) is 0 Å². The molecule has 0 N–H and O–H groups in total. The quantitative estimate of drug-likeness (QED) is 0.806. The van der Waals surface area contributed by atoms with Crippen molar-refractivity contribution in [2.45, 2.75) is 25.3 Å². The molecule has 7 nitrogen and oxygen atoms in total. The first-order chi connectivity index (χ1) is 12.2. The first-order valence-electron chi connectivity index (χ1n) is 8.85. The summed E-state index contributed by atoms with van der Waals surface area (Å²) in [6.07, 6.45) is 4.11. The molecule has 7 heteroatoms. The number of likely N-dealkylation sites (tertiary alicyclic amines) is 1. The molecule has 0 aromatic carbocycles. The fraction of sp³-hybridized carbons (Fsp3) is 0.556. The molecule has 4 rings (SSSR count). The lowest BCUT2D eigenvalue weighted by Gasteiger charge is -2.36. The van der Waals surface area contributed by atoms with Crippen molar-refractivity contribution < 1.29 is 9.59 Å². The summed E-state index contributed by atoms with van der Waals surface area (Å²) in [5, 5.41) is 8.84. The van der Waals surface area contributed by atoms with Gasteiger partial charge in [-0.15, -0.1) is 0 Å². The summed E-state index contributed by atoms with van der Waals surface area (Å²) in [5.41, 5.74) is 0.545. The van der Waals surface area contributed by atoms with Crippen LogP contribution in [0.5, 0.6) is 0 Å². The van der Waals surface area contributed by atoms with Gasteiger partial charge in [-0.2, -0.15) is 5.26 Å². The van der Waals surface area contributed by atoms with Crippen molar-refractivity contribution in [3.05, 3.63) is 23.9 Å². The van der Waals surface area contributed by atoms with E-state index in [1.807, 2.05) is 15.9 Å². The molecule has 2 saturated heterocycles. The molecule has 1 saturated carbocycles. The molecule has 1 unspecified atom stereocenters. The monoisotopic (exact) mass is 339 g/mol. The van der Waals surface area contributed by atoms with E-state index in [4.69, 9.17) is 5.26 Å². The van der Waals surface area contributed by atoms with Gasteiger partial charge >= 0.3 is 0 Å². The second kappa shape index (κ2) is 6.36. The van der Waals surface area contributed by atoms with Crippen molar-refractivity contribution in [1.29, 1.82) is 5.26 Å².